The van der Waals surface area contributed by atoms with Crippen LogP contribution in [0.25, 0.3) is 10.6 Å². The number of hydrogen-bond donors (Lipinski definition) is 0. The average Bonchev–Trinajstić information content (AvgIpc) is 3.15. The molecule has 3 aromatic rings. The van der Waals surface area contributed by atoms with E-state index in [1.54, 1.807) is 23.8 Å². The smallest absolute Gasteiger partial charge is 0.338 e. The number of halogens is 1. The maximum absolute atomic E-state index is 13.0. The molecular weight excluding hydrogens is 391 g/mol. The molecule has 1 aromatic heterocycles. The summed E-state index contributed by atoms with van der Waals surface area (Å²) >= 11 is 2.58. The quantitative estimate of drug-likeness (QED) is 0.251. The lowest BCUT2D eigenvalue weighted by atomic mass is 10.2. The lowest BCUT2D eigenvalue weighted by Crippen LogP contribution is -2.06. The largest absolute Gasteiger partial charge is 0.456 e. The normalized spacial score (nSPS) is 10.6. The van der Waals surface area contributed by atoms with E-state index in [2.05, 4.69) is 4.98 Å². The molecule has 6 nitrogen and oxygen atoms in total. The van der Waals surface area contributed by atoms with Crippen molar-refractivity contribution in [3.8, 4) is 10.6 Å². The summed E-state index contributed by atoms with van der Waals surface area (Å²) < 4.78 is 18.2. The third-order valence-corrected chi connectivity index (χ3v) is 5.33. The van der Waals surface area contributed by atoms with Crippen molar-refractivity contribution in [1.82, 2.24) is 4.98 Å². The lowest BCUT2D eigenvalue weighted by molar-refractivity contribution is -0.387. The fraction of sp³-hybridized carbons (Fsp3) is 0.111. The van der Waals surface area contributed by atoms with E-state index >= 15 is 0 Å². The number of nitro groups is 1. The van der Waals surface area contributed by atoms with Gasteiger partial charge in [-0.25, -0.2) is 14.2 Å². The molecule has 0 saturated carbocycles. The second-order valence-electron chi connectivity index (χ2n) is 5.37. The molecule has 0 spiro atoms. The van der Waals surface area contributed by atoms with Gasteiger partial charge in [0.1, 0.15) is 17.4 Å². The molecule has 0 unspecified atom stereocenters. The minimum Gasteiger partial charge on any atom is -0.456 e. The molecule has 0 atom stereocenters. The summed E-state index contributed by atoms with van der Waals surface area (Å²) in [5, 5.41) is 13.5. The van der Waals surface area contributed by atoms with Gasteiger partial charge in [0.2, 0.25) is 0 Å². The van der Waals surface area contributed by atoms with Gasteiger partial charge in [0, 0.05) is 17.0 Å². The fourth-order valence-electron chi connectivity index (χ4n) is 2.28. The summed E-state index contributed by atoms with van der Waals surface area (Å²) in [7, 11) is 0. The molecule has 0 aliphatic heterocycles. The number of aromatic nitrogens is 1. The minimum atomic E-state index is -0.665. The molecule has 0 fully saturated rings. The topological polar surface area (TPSA) is 82.3 Å². The van der Waals surface area contributed by atoms with Crippen LogP contribution in [0.15, 0.2) is 52.7 Å². The number of ether oxygens (including phenoxy) is 1. The van der Waals surface area contributed by atoms with Crippen LogP contribution in [0.3, 0.4) is 0 Å². The molecule has 9 heteroatoms. The van der Waals surface area contributed by atoms with Gasteiger partial charge in [-0.3, -0.25) is 10.1 Å². The SMILES string of the molecule is CSc1ccc(C(=O)OCc2csc(-c3ccc(F)cc3)n2)cc1[N+](=O)[O-]. The standard InChI is InChI=1S/C18H13FN2O4S2/c1-26-16-7-4-12(8-15(16)21(23)24)18(22)25-9-14-10-27-17(20-14)11-2-5-13(19)6-3-11/h2-8,10H,9H2,1H3. The number of nitrogens with zero attached hydrogens (tertiary/aromatic N) is 2. The Bertz CT molecular complexity index is 989. The van der Waals surface area contributed by atoms with Gasteiger partial charge in [-0.1, -0.05) is 0 Å². The van der Waals surface area contributed by atoms with Crippen molar-refractivity contribution in [1.29, 1.82) is 0 Å². The molecule has 0 amide bonds. The summed E-state index contributed by atoms with van der Waals surface area (Å²) in [6.45, 7) is -0.0609. The van der Waals surface area contributed by atoms with Gasteiger partial charge < -0.3 is 4.74 Å². The molecule has 0 radical (unpaired) electrons. The summed E-state index contributed by atoms with van der Waals surface area (Å²) in [5.74, 6) is -0.992. The van der Waals surface area contributed by atoms with Crippen molar-refractivity contribution in [2.45, 2.75) is 11.5 Å². The van der Waals surface area contributed by atoms with E-state index in [0.29, 0.717) is 15.6 Å². The van der Waals surface area contributed by atoms with Crippen molar-refractivity contribution in [2.75, 3.05) is 6.26 Å². The first-order chi connectivity index (χ1) is 13.0. The average molecular weight is 404 g/mol. The van der Waals surface area contributed by atoms with Crippen LogP contribution in [0, 0.1) is 15.9 Å². The van der Waals surface area contributed by atoms with Gasteiger partial charge in [-0.2, -0.15) is 0 Å². The number of carbonyl (C=O) groups is 1. The molecule has 0 saturated heterocycles. The second-order valence-corrected chi connectivity index (χ2v) is 7.08. The Morgan fingerprint density at radius 1 is 1.30 bits per heavy atom. The van der Waals surface area contributed by atoms with Crippen LogP contribution >= 0.6 is 23.1 Å². The maximum atomic E-state index is 13.0. The molecule has 2 aromatic carbocycles. The van der Waals surface area contributed by atoms with Gasteiger partial charge in [-0.05, 0) is 42.7 Å². The Labute approximate surface area is 162 Å². The van der Waals surface area contributed by atoms with Crippen LogP contribution in [0.1, 0.15) is 16.1 Å². The monoisotopic (exact) mass is 404 g/mol. The van der Waals surface area contributed by atoms with E-state index < -0.39 is 10.9 Å². The van der Waals surface area contributed by atoms with Crippen molar-refractivity contribution < 1.29 is 18.8 Å². The van der Waals surface area contributed by atoms with Crippen molar-refractivity contribution >= 4 is 34.8 Å². The molecular formula is C18H13FN2O4S2. The highest BCUT2D eigenvalue weighted by Gasteiger charge is 2.18. The van der Waals surface area contributed by atoms with Crippen LogP contribution in [0.2, 0.25) is 0 Å². The Hall–Kier alpha value is -2.78. The molecule has 1 heterocycles. The number of thiazole rings is 1. The number of benzene rings is 2. The number of thioether (sulfide) groups is 1. The summed E-state index contributed by atoms with van der Waals surface area (Å²) in [6, 6.07) is 10.2. The highest BCUT2D eigenvalue weighted by molar-refractivity contribution is 7.98. The van der Waals surface area contributed by atoms with E-state index in [1.807, 2.05) is 0 Å². The number of nitro benzene ring substituents is 1. The molecule has 0 aliphatic rings. The number of carbonyl (C=O) groups excluding carboxylic acids is 1. The number of esters is 1. The predicted octanol–water partition coefficient (Wildman–Crippen LogP) is 4.94. The fourth-order valence-corrected chi connectivity index (χ4v) is 3.64. The third-order valence-electron chi connectivity index (χ3n) is 3.61. The summed E-state index contributed by atoms with van der Waals surface area (Å²) in [4.78, 5) is 27.6. The summed E-state index contributed by atoms with van der Waals surface area (Å²) in [5.41, 5.74) is 1.28. The van der Waals surface area contributed by atoms with Gasteiger partial charge >= 0.3 is 5.97 Å². The predicted molar refractivity (Wildman–Crippen MR) is 102 cm³/mol. The van der Waals surface area contributed by atoms with Gasteiger partial charge in [0.15, 0.2) is 0 Å². The minimum absolute atomic E-state index is 0.0609. The molecule has 0 aliphatic carbocycles. The van der Waals surface area contributed by atoms with E-state index in [4.69, 9.17) is 4.74 Å². The molecule has 138 valence electrons. The zero-order valence-corrected chi connectivity index (χ0v) is 15.7. The van der Waals surface area contributed by atoms with Gasteiger partial charge in [0.25, 0.3) is 5.69 Å². The van der Waals surface area contributed by atoms with Crippen LogP contribution in [0.4, 0.5) is 10.1 Å². The Balaban J connectivity index is 1.68. The van der Waals surface area contributed by atoms with Crippen LogP contribution in [-0.4, -0.2) is 22.1 Å². The van der Waals surface area contributed by atoms with E-state index in [9.17, 15) is 19.3 Å². The van der Waals surface area contributed by atoms with Crippen molar-refractivity contribution in [2.24, 2.45) is 0 Å². The second kappa shape index (κ2) is 8.28. The van der Waals surface area contributed by atoms with Crippen molar-refractivity contribution in [3.05, 3.63) is 75.0 Å². The van der Waals surface area contributed by atoms with E-state index in [0.717, 1.165) is 5.56 Å². The third kappa shape index (κ3) is 4.50. The Kier molecular flexibility index (Phi) is 5.82. The van der Waals surface area contributed by atoms with Crippen molar-refractivity contribution in [3.63, 3.8) is 0 Å². The Morgan fingerprint density at radius 3 is 2.70 bits per heavy atom. The molecule has 0 N–H and O–H groups in total. The van der Waals surface area contributed by atoms with E-state index in [-0.39, 0.29) is 23.7 Å². The molecule has 27 heavy (non-hydrogen) atoms. The zero-order chi connectivity index (χ0) is 19.4. The molecule has 0 bridgehead atoms. The van der Waals surface area contributed by atoms with Crippen LogP contribution in [0.5, 0.6) is 0 Å². The first-order valence-electron chi connectivity index (χ1n) is 7.68. The highest BCUT2D eigenvalue weighted by Crippen LogP contribution is 2.29. The maximum Gasteiger partial charge on any atom is 0.338 e. The Morgan fingerprint density at radius 2 is 2.04 bits per heavy atom. The lowest BCUT2D eigenvalue weighted by Gasteiger charge is -2.05. The first-order valence-corrected chi connectivity index (χ1v) is 9.78. The number of rotatable bonds is 6. The van der Waals surface area contributed by atoms with Gasteiger partial charge in [-0.15, -0.1) is 23.1 Å². The first kappa shape index (κ1) is 19.0. The summed E-state index contributed by atoms with van der Waals surface area (Å²) in [6.07, 6.45) is 1.72. The van der Waals surface area contributed by atoms with Crippen LogP contribution < -0.4 is 0 Å². The zero-order valence-electron chi connectivity index (χ0n) is 14.0. The van der Waals surface area contributed by atoms with E-state index in [1.165, 1.54) is 53.4 Å². The van der Waals surface area contributed by atoms with Gasteiger partial charge in [0.05, 0.1) is 21.1 Å². The number of hydrogen-bond acceptors (Lipinski definition) is 7. The highest BCUT2D eigenvalue weighted by atomic mass is 32.2. The molecule has 3 rings (SSSR count). The van der Waals surface area contributed by atoms with Crippen LogP contribution in [-0.2, 0) is 11.3 Å².